The van der Waals surface area contributed by atoms with Crippen LogP contribution in [0.1, 0.15) is 16.1 Å². The van der Waals surface area contributed by atoms with Crippen molar-refractivity contribution in [3.8, 4) is 0 Å². The molecule has 0 aliphatic rings. The summed E-state index contributed by atoms with van der Waals surface area (Å²) in [5, 5.41) is 2.45. The lowest BCUT2D eigenvalue weighted by Gasteiger charge is -2.18. The standard InChI is InChI=1S/C17H18ClN3O5S/c1-11-5-4-6-15(19-11)20-16(22)10-21(2)27(24,25)14-9-12(17(23)26-3)7-8-13(14)18/h4-9H,10H2,1-3H3,(H,19,20,22). The van der Waals surface area contributed by atoms with E-state index in [4.69, 9.17) is 11.6 Å². The first-order valence-corrected chi connectivity index (χ1v) is 9.54. The topological polar surface area (TPSA) is 106 Å². The van der Waals surface area contributed by atoms with Crippen LogP contribution in [-0.4, -0.2) is 50.3 Å². The van der Waals surface area contributed by atoms with Crippen molar-refractivity contribution in [1.29, 1.82) is 0 Å². The predicted octanol–water partition coefficient (Wildman–Crippen LogP) is 2.09. The van der Waals surface area contributed by atoms with Gasteiger partial charge in [0.2, 0.25) is 15.9 Å². The molecular formula is C17H18ClN3O5S. The maximum atomic E-state index is 12.8. The number of ether oxygens (including phenoxy) is 1. The van der Waals surface area contributed by atoms with E-state index in [0.717, 1.165) is 10.4 Å². The second-order valence-corrected chi connectivity index (χ2v) is 8.03. The lowest BCUT2D eigenvalue weighted by atomic mass is 10.2. The average Bonchev–Trinajstić information content (AvgIpc) is 2.61. The third-order valence-corrected chi connectivity index (χ3v) is 5.85. The molecule has 0 aliphatic carbocycles. The molecule has 0 aliphatic heterocycles. The molecule has 2 rings (SSSR count). The maximum absolute atomic E-state index is 12.8. The Morgan fingerprint density at radius 1 is 1.26 bits per heavy atom. The number of likely N-dealkylation sites (N-methyl/N-ethyl adjacent to an activating group) is 1. The maximum Gasteiger partial charge on any atom is 0.337 e. The molecule has 0 fully saturated rings. The molecule has 2 aromatic rings. The monoisotopic (exact) mass is 411 g/mol. The number of pyridine rings is 1. The molecule has 1 aromatic carbocycles. The molecule has 8 nitrogen and oxygen atoms in total. The van der Waals surface area contributed by atoms with E-state index in [0.29, 0.717) is 11.5 Å². The molecular weight excluding hydrogens is 394 g/mol. The van der Waals surface area contributed by atoms with Crippen LogP contribution in [0, 0.1) is 6.92 Å². The molecule has 0 spiro atoms. The van der Waals surface area contributed by atoms with Crippen LogP contribution in [0.15, 0.2) is 41.3 Å². The Balaban J connectivity index is 2.20. The zero-order chi connectivity index (χ0) is 20.2. The average molecular weight is 412 g/mol. The van der Waals surface area contributed by atoms with Gasteiger partial charge in [0, 0.05) is 12.7 Å². The minimum Gasteiger partial charge on any atom is -0.465 e. The van der Waals surface area contributed by atoms with E-state index in [1.54, 1.807) is 25.1 Å². The summed E-state index contributed by atoms with van der Waals surface area (Å²) < 4.78 is 30.9. The van der Waals surface area contributed by atoms with Gasteiger partial charge in [-0.05, 0) is 37.3 Å². The third-order valence-electron chi connectivity index (χ3n) is 3.56. The van der Waals surface area contributed by atoms with Crippen molar-refractivity contribution in [2.75, 3.05) is 26.0 Å². The summed E-state index contributed by atoms with van der Waals surface area (Å²) in [4.78, 5) is 27.6. The van der Waals surface area contributed by atoms with Crippen molar-refractivity contribution in [2.45, 2.75) is 11.8 Å². The molecule has 1 heterocycles. The van der Waals surface area contributed by atoms with Gasteiger partial charge in [0.05, 0.1) is 24.2 Å². The molecule has 10 heteroatoms. The SMILES string of the molecule is COC(=O)c1ccc(Cl)c(S(=O)(=O)N(C)CC(=O)Nc2cccc(C)n2)c1. The second-order valence-electron chi connectivity index (χ2n) is 5.61. The van der Waals surface area contributed by atoms with Crippen LogP contribution in [0.2, 0.25) is 5.02 Å². The minimum absolute atomic E-state index is 0.0299. The molecule has 144 valence electrons. The first-order valence-electron chi connectivity index (χ1n) is 7.73. The van der Waals surface area contributed by atoms with E-state index in [9.17, 15) is 18.0 Å². The van der Waals surface area contributed by atoms with Crippen LogP contribution in [0.5, 0.6) is 0 Å². The van der Waals surface area contributed by atoms with Crippen molar-refractivity contribution in [1.82, 2.24) is 9.29 Å². The van der Waals surface area contributed by atoms with Gasteiger partial charge in [-0.25, -0.2) is 18.2 Å². The molecule has 1 amide bonds. The zero-order valence-corrected chi connectivity index (χ0v) is 16.5. The number of esters is 1. The number of amides is 1. The number of rotatable bonds is 6. The number of carbonyl (C=O) groups excluding carboxylic acids is 2. The van der Waals surface area contributed by atoms with Crippen molar-refractivity contribution in [3.63, 3.8) is 0 Å². The fourth-order valence-corrected chi connectivity index (χ4v) is 3.82. The first kappa shape index (κ1) is 20.8. The largest absolute Gasteiger partial charge is 0.465 e. The van der Waals surface area contributed by atoms with E-state index in [2.05, 4.69) is 15.0 Å². The van der Waals surface area contributed by atoms with E-state index < -0.39 is 28.4 Å². The van der Waals surface area contributed by atoms with Gasteiger partial charge in [0.1, 0.15) is 10.7 Å². The van der Waals surface area contributed by atoms with Crippen LogP contribution in [0.25, 0.3) is 0 Å². The summed E-state index contributed by atoms with van der Waals surface area (Å²) in [6.45, 7) is 1.30. The molecule has 1 N–H and O–H groups in total. The fourth-order valence-electron chi connectivity index (χ4n) is 2.20. The molecule has 0 bridgehead atoms. The van der Waals surface area contributed by atoms with Gasteiger partial charge in [-0.15, -0.1) is 0 Å². The lowest BCUT2D eigenvalue weighted by molar-refractivity contribution is -0.116. The molecule has 0 atom stereocenters. The second kappa shape index (κ2) is 8.47. The first-order chi connectivity index (χ1) is 12.6. The summed E-state index contributed by atoms with van der Waals surface area (Å²) in [5.74, 6) is -0.954. The molecule has 0 saturated heterocycles. The fraction of sp³-hybridized carbons (Fsp3) is 0.235. The molecule has 1 aromatic heterocycles. The van der Waals surface area contributed by atoms with E-state index >= 15 is 0 Å². The summed E-state index contributed by atoms with van der Waals surface area (Å²) in [6, 6.07) is 8.82. The number of nitrogens with one attached hydrogen (secondary N) is 1. The number of halogens is 1. The number of sulfonamides is 1. The van der Waals surface area contributed by atoms with Crippen molar-refractivity contribution < 1.29 is 22.7 Å². The summed E-state index contributed by atoms with van der Waals surface area (Å²) in [5.41, 5.74) is 0.738. The van der Waals surface area contributed by atoms with Crippen LogP contribution < -0.4 is 5.32 Å². The van der Waals surface area contributed by atoms with Gasteiger partial charge in [0.15, 0.2) is 0 Å². The smallest absolute Gasteiger partial charge is 0.337 e. The number of carbonyl (C=O) groups is 2. The zero-order valence-electron chi connectivity index (χ0n) is 14.9. The highest BCUT2D eigenvalue weighted by Gasteiger charge is 2.27. The van der Waals surface area contributed by atoms with Gasteiger partial charge in [-0.1, -0.05) is 17.7 Å². The number of nitrogens with zero attached hydrogens (tertiary/aromatic N) is 2. The van der Waals surface area contributed by atoms with Crippen LogP contribution >= 0.6 is 11.6 Å². The van der Waals surface area contributed by atoms with Gasteiger partial charge < -0.3 is 10.1 Å². The third kappa shape index (κ3) is 5.03. The normalized spacial score (nSPS) is 11.3. The Kier molecular flexibility index (Phi) is 6.53. The Labute approximate surface area is 162 Å². The Bertz CT molecular complexity index is 978. The number of hydrogen-bond donors (Lipinski definition) is 1. The number of aromatic nitrogens is 1. The van der Waals surface area contributed by atoms with Gasteiger partial charge >= 0.3 is 5.97 Å². The lowest BCUT2D eigenvalue weighted by Crippen LogP contribution is -2.35. The number of benzene rings is 1. The number of aryl methyl sites for hydroxylation is 1. The molecule has 0 saturated carbocycles. The van der Waals surface area contributed by atoms with Gasteiger partial charge in [0.25, 0.3) is 0 Å². The quantitative estimate of drug-likeness (QED) is 0.729. The van der Waals surface area contributed by atoms with E-state index in [1.165, 1.54) is 26.3 Å². The van der Waals surface area contributed by atoms with Crippen LogP contribution in [-0.2, 0) is 19.6 Å². The summed E-state index contributed by atoms with van der Waals surface area (Å²) in [7, 11) is -1.70. The van der Waals surface area contributed by atoms with Crippen molar-refractivity contribution in [2.24, 2.45) is 0 Å². The Morgan fingerprint density at radius 3 is 2.59 bits per heavy atom. The Hall–Kier alpha value is -2.49. The van der Waals surface area contributed by atoms with Crippen LogP contribution in [0.4, 0.5) is 5.82 Å². The van der Waals surface area contributed by atoms with Gasteiger partial charge in [-0.2, -0.15) is 4.31 Å². The molecule has 0 radical (unpaired) electrons. The van der Waals surface area contributed by atoms with E-state index in [1.807, 2.05) is 0 Å². The van der Waals surface area contributed by atoms with Crippen molar-refractivity contribution in [3.05, 3.63) is 52.7 Å². The van der Waals surface area contributed by atoms with E-state index in [-0.39, 0.29) is 15.5 Å². The number of anilines is 1. The minimum atomic E-state index is -4.12. The highest BCUT2D eigenvalue weighted by atomic mass is 35.5. The number of hydrogen-bond acceptors (Lipinski definition) is 6. The van der Waals surface area contributed by atoms with Crippen LogP contribution in [0.3, 0.4) is 0 Å². The predicted molar refractivity (Wildman–Crippen MR) is 100 cm³/mol. The molecule has 0 unspecified atom stereocenters. The highest BCUT2D eigenvalue weighted by molar-refractivity contribution is 7.89. The Morgan fingerprint density at radius 2 is 1.96 bits per heavy atom. The highest BCUT2D eigenvalue weighted by Crippen LogP contribution is 2.25. The summed E-state index contributed by atoms with van der Waals surface area (Å²) in [6.07, 6.45) is 0. The van der Waals surface area contributed by atoms with Crippen molar-refractivity contribution >= 4 is 39.3 Å². The summed E-state index contributed by atoms with van der Waals surface area (Å²) >= 11 is 5.99. The van der Waals surface area contributed by atoms with Gasteiger partial charge in [-0.3, -0.25) is 4.79 Å². The number of methoxy groups -OCH3 is 1. The molecule has 27 heavy (non-hydrogen) atoms.